The van der Waals surface area contributed by atoms with E-state index in [1.54, 1.807) is 17.0 Å². The first-order valence-corrected chi connectivity index (χ1v) is 8.47. The summed E-state index contributed by atoms with van der Waals surface area (Å²) >= 11 is 0. The quantitative estimate of drug-likeness (QED) is 0.629. The number of hydrogen-bond acceptors (Lipinski definition) is 4. The molecule has 7 nitrogen and oxygen atoms in total. The Balaban J connectivity index is 0.000000370. The first kappa shape index (κ1) is 22.0. The lowest BCUT2D eigenvalue weighted by Crippen LogP contribution is -2.22. The van der Waals surface area contributed by atoms with Crippen molar-refractivity contribution in [3.8, 4) is 0 Å². The Labute approximate surface area is 163 Å². The average molecular weight is 411 g/mol. The lowest BCUT2D eigenvalue weighted by atomic mass is 10.2. The molecule has 0 saturated heterocycles. The van der Waals surface area contributed by atoms with Crippen LogP contribution in [0.15, 0.2) is 53.6 Å². The predicted octanol–water partition coefficient (Wildman–Crippen LogP) is 2.77. The number of halogens is 3. The number of benzene rings is 1. The highest BCUT2D eigenvalue weighted by atomic mass is 19.4. The third-order valence-corrected chi connectivity index (χ3v) is 3.98. The van der Waals surface area contributed by atoms with Crippen LogP contribution in [0, 0.1) is 0 Å². The van der Waals surface area contributed by atoms with Gasteiger partial charge in [-0.05, 0) is 11.6 Å². The molecule has 0 aliphatic carbocycles. The number of carbonyl (C=O) groups is 1. The van der Waals surface area contributed by atoms with Crippen LogP contribution >= 0.6 is 0 Å². The molecule has 2 aromatic heterocycles. The standard InChI is InChI=1S/C17H19N3O2.C2HF3O2/c1-19-11-14(18)16-15(19)7-8-20(17(16)21)9-10-22-12-13-5-3-2-4-6-13;3-2(4,5)1(6)7/h2-8,11H,9-10,12,18H2,1H3;(H,6,7). The van der Waals surface area contributed by atoms with E-state index in [0.29, 0.717) is 30.8 Å². The van der Waals surface area contributed by atoms with E-state index < -0.39 is 12.1 Å². The van der Waals surface area contributed by atoms with Gasteiger partial charge in [-0.2, -0.15) is 13.2 Å². The molecule has 0 bridgehead atoms. The molecule has 3 rings (SSSR count). The van der Waals surface area contributed by atoms with Crippen LogP contribution in [0.4, 0.5) is 18.9 Å². The molecule has 2 heterocycles. The van der Waals surface area contributed by atoms with Crippen molar-refractivity contribution < 1.29 is 27.8 Å². The van der Waals surface area contributed by atoms with E-state index in [1.807, 2.05) is 48.0 Å². The number of nitrogens with two attached hydrogens (primary N) is 1. The molecule has 3 aromatic rings. The second-order valence-corrected chi connectivity index (χ2v) is 6.11. The predicted molar refractivity (Wildman–Crippen MR) is 101 cm³/mol. The molecule has 156 valence electrons. The summed E-state index contributed by atoms with van der Waals surface area (Å²) in [6.45, 7) is 1.54. The van der Waals surface area contributed by atoms with Gasteiger partial charge in [0, 0.05) is 26.0 Å². The highest BCUT2D eigenvalue weighted by molar-refractivity contribution is 5.90. The van der Waals surface area contributed by atoms with Gasteiger partial charge in [-0.3, -0.25) is 4.79 Å². The molecule has 0 aliphatic rings. The van der Waals surface area contributed by atoms with E-state index in [4.69, 9.17) is 20.4 Å². The first-order chi connectivity index (χ1) is 13.6. The largest absolute Gasteiger partial charge is 0.490 e. The fourth-order valence-corrected chi connectivity index (χ4v) is 2.58. The topological polar surface area (TPSA) is 99.5 Å². The minimum Gasteiger partial charge on any atom is -0.475 e. The van der Waals surface area contributed by atoms with Gasteiger partial charge in [-0.1, -0.05) is 30.3 Å². The van der Waals surface area contributed by atoms with Crippen molar-refractivity contribution in [1.82, 2.24) is 9.13 Å². The van der Waals surface area contributed by atoms with E-state index in [0.717, 1.165) is 11.1 Å². The van der Waals surface area contributed by atoms with E-state index >= 15 is 0 Å². The lowest BCUT2D eigenvalue weighted by Gasteiger charge is -2.08. The van der Waals surface area contributed by atoms with Gasteiger partial charge < -0.3 is 24.7 Å². The normalized spacial score (nSPS) is 11.2. The number of aliphatic carboxylic acids is 1. The molecule has 0 unspecified atom stereocenters. The third-order valence-electron chi connectivity index (χ3n) is 3.98. The highest BCUT2D eigenvalue weighted by Gasteiger charge is 2.38. The maximum atomic E-state index is 12.4. The molecule has 0 atom stereocenters. The minimum absolute atomic E-state index is 0.0705. The van der Waals surface area contributed by atoms with Crippen LogP contribution < -0.4 is 11.3 Å². The van der Waals surface area contributed by atoms with E-state index in [2.05, 4.69) is 0 Å². The van der Waals surface area contributed by atoms with Gasteiger partial charge in [-0.15, -0.1) is 0 Å². The fraction of sp³-hybridized carbons (Fsp3) is 0.263. The monoisotopic (exact) mass is 411 g/mol. The number of aromatic nitrogens is 2. The minimum atomic E-state index is -5.08. The smallest absolute Gasteiger partial charge is 0.475 e. The zero-order chi connectivity index (χ0) is 21.6. The van der Waals surface area contributed by atoms with Crippen molar-refractivity contribution in [2.75, 3.05) is 12.3 Å². The molecule has 0 aliphatic heterocycles. The number of nitrogens with zero attached hydrogens (tertiary/aromatic N) is 2. The summed E-state index contributed by atoms with van der Waals surface area (Å²) in [4.78, 5) is 21.3. The van der Waals surface area contributed by atoms with Crippen molar-refractivity contribution in [3.63, 3.8) is 0 Å². The Morgan fingerprint density at radius 2 is 1.83 bits per heavy atom. The number of hydrogen-bond donors (Lipinski definition) is 2. The van der Waals surface area contributed by atoms with Gasteiger partial charge in [0.25, 0.3) is 5.56 Å². The van der Waals surface area contributed by atoms with E-state index in [-0.39, 0.29) is 5.56 Å². The fourth-order valence-electron chi connectivity index (χ4n) is 2.58. The van der Waals surface area contributed by atoms with Gasteiger partial charge in [0.15, 0.2) is 0 Å². The van der Waals surface area contributed by atoms with Crippen LogP contribution in [0.5, 0.6) is 0 Å². The number of alkyl halides is 3. The number of carboxylic acids is 1. The Morgan fingerprint density at radius 1 is 1.21 bits per heavy atom. The molecule has 0 spiro atoms. The van der Waals surface area contributed by atoms with Crippen molar-refractivity contribution in [3.05, 3.63) is 64.7 Å². The molecule has 29 heavy (non-hydrogen) atoms. The van der Waals surface area contributed by atoms with Gasteiger partial charge in [0.05, 0.1) is 29.8 Å². The van der Waals surface area contributed by atoms with Crippen molar-refractivity contribution in [2.45, 2.75) is 19.3 Å². The molecule has 1 aromatic carbocycles. The Bertz CT molecular complexity index is 1030. The maximum Gasteiger partial charge on any atom is 0.490 e. The van der Waals surface area contributed by atoms with Crippen molar-refractivity contribution in [1.29, 1.82) is 0 Å². The molecule has 0 radical (unpaired) electrons. The number of carboxylic acid groups (broad SMARTS) is 1. The average Bonchev–Trinajstić information content (AvgIpc) is 2.95. The van der Waals surface area contributed by atoms with Crippen LogP contribution in [-0.2, 0) is 29.7 Å². The van der Waals surface area contributed by atoms with Gasteiger partial charge >= 0.3 is 12.1 Å². The number of rotatable bonds is 5. The summed E-state index contributed by atoms with van der Waals surface area (Å²) in [5, 5.41) is 7.70. The summed E-state index contributed by atoms with van der Waals surface area (Å²) in [5.41, 5.74) is 8.33. The number of nitrogen functional groups attached to an aromatic ring is 1. The van der Waals surface area contributed by atoms with Crippen LogP contribution in [0.3, 0.4) is 0 Å². The third kappa shape index (κ3) is 5.85. The number of fused-ring (bicyclic) bond motifs is 1. The van der Waals surface area contributed by atoms with Crippen LogP contribution in [0.2, 0.25) is 0 Å². The van der Waals surface area contributed by atoms with Crippen LogP contribution in [-0.4, -0.2) is 33.0 Å². The Hall–Kier alpha value is -3.27. The molecule has 0 fully saturated rings. The summed E-state index contributed by atoms with van der Waals surface area (Å²) in [7, 11) is 1.88. The molecule has 0 saturated carbocycles. The molecular formula is C19H20F3N3O4. The number of anilines is 1. The van der Waals surface area contributed by atoms with E-state index in [1.165, 1.54) is 0 Å². The van der Waals surface area contributed by atoms with Crippen molar-refractivity contribution in [2.24, 2.45) is 7.05 Å². The maximum absolute atomic E-state index is 12.4. The number of ether oxygens (including phenoxy) is 1. The second-order valence-electron chi connectivity index (χ2n) is 6.11. The Kier molecular flexibility index (Phi) is 7.05. The first-order valence-electron chi connectivity index (χ1n) is 8.47. The molecule has 0 amide bonds. The van der Waals surface area contributed by atoms with Crippen molar-refractivity contribution >= 4 is 22.6 Å². The van der Waals surface area contributed by atoms with E-state index in [9.17, 15) is 18.0 Å². The zero-order valence-electron chi connectivity index (χ0n) is 15.5. The van der Waals surface area contributed by atoms with Gasteiger partial charge in [0.2, 0.25) is 0 Å². The highest BCUT2D eigenvalue weighted by Crippen LogP contribution is 2.18. The van der Waals surface area contributed by atoms with Crippen LogP contribution in [0.1, 0.15) is 5.56 Å². The SMILES string of the molecule is Cn1cc(N)c2c(=O)n(CCOCc3ccccc3)ccc21.O=C(O)C(F)(F)F. The number of pyridine rings is 1. The number of aryl methyl sites for hydroxylation is 1. The zero-order valence-corrected chi connectivity index (χ0v) is 15.5. The molecule has 10 heteroatoms. The van der Waals surface area contributed by atoms with Gasteiger partial charge in [0.1, 0.15) is 0 Å². The van der Waals surface area contributed by atoms with Gasteiger partial charge in [-0.25, -0.2) is 4.79 Å². The van der Waals surface area contributed by atoms with Crippen LogP contribution in [0.25, 0.3) is 10.9 Å². The summed E-state index contributed by atoms with van der Waals surface area (Å²) < 4.78 is 40.9. The second kappa shape index (κ2) is 9.28. The summed E-state index contributed by atoms with van der Waals surface area (Å²) in [6, 6.07) is 11.9. The summed E-state index contributed by atoms with van der Waals surface area (Å²) in [5.74, 6) is -2.76. The lowest BCUT2D eigenvalue weighted by molar-refractivity contribution is -0.192. The summed E-state index contributed by atoms with van der Waals surface area (Å²) in [6.07, 6.45) is -1.53. The molecule has 3 N–H and O–H groups in total. The molecular weight excluding hydrogens is 391 g/mol. The Morgan fingerprint density at radius 3 is 2.41 bits per heavy atom.